The predicted octanol–water partition coefficient (Wildman–Crippen LogP) is 2.51. The minimum atomic E-state index is -3.96. The summed E-state index contributed by atoms with van der Waals surface area (Å²) in [6.45, 7) is 0.0223. The number of carboxylic acids is 1. The molecule has 188 valence electrons. The van der Waals surface area contributed by atoms with E-state index in [9.17, 15) is 18.0 Å². The van der Waals surface area contributed by atoms with Crippen molar-refractivity contribution in [2.24, 2.45) is 16.5 Å². The van der Waals surface area contributed by atoms with E-state index in [0.29, 0.717) is 16.9 Å². The lowest BCUT2D eigenvalue weighted by molar-refractivity contribution is -0.136. The lowest BCUT2D eigenvalue weighted by Crippen LogP contribution is -2.27. The van der Waals surface area contributed by atoms with Crippen LogP contribution in [0.15, 0.2) is 88.8 Å². The second-order valence-electron chi connectivity index (χ2n) is 7.93. The minimum absolute atomic E-state index is 0.0205. The second-order valence-corrected chi connectivity index (χ2v) is 9.61. The molecular formula is C25H27N5O5S. The molecule has 0 aliphatic carbocycles. The van der Waals surface area contributed by atoms with Crippen molar-refractivity contribution in [3.63, 3.8) is 0 Å². The van der Waals surface area contributed by atoms with E-state index in [1.165, 1.54) is 18.2 Å². The van der Waals surface area contributed by atoms with Crippen LogP contribution in [-0.2, 0) is 19.6 Å². The molecule has 0 saturated carbocycles. The van der Waals surface area contributed by atoms with Gasteiger partial charge < -0.3 is 21.9 Å². The van der Waals surface area contributed by atoms with Gasteiger partial charge in [-0.3, -0.25) is 14.3 Å². The number of hydrogen-bond acceptors (Lipinski definition) is 5. The summed E-state index contributed by atoms with van der Waals surface area (Å²) in [5.74, 6) is -1.89. The highest BCUT2D eigenvalue weighted by Gasteiger charge is 2.20. The Labute approximate surface area is 209 Å². The number of nitrogens with one attached hydrogen (secondary N) is 2. The van der Waals surface area contributed by atoms with Gasteiger partial charge in [-0.25, -0.2) is 13.4 Å². The first-order valence-corrected chi connectivity index (χ1v) is 12.5. The predicted molar refractivity (Wildman–Crippen MR) is 137 cm³/mol. The summed E-state index contributed by atoms with van der Waals surface area (Å²) in [6, 6.07) is 22.0. The lowest BCUT2D eigenvalue weighted by atomic mass is 9.88. The van der Waals surface area contributed by atoms with E-state index in [0.717, 1.165) is 5.56 Å². The van der Waals surface area contributed by atoms with Crippen molar-refractivity contribution in [3.8, 4) is 0 Å². The number of carbonyl (C=O) groups excluding carboxylic acids is 1. The summed E-state index contributed by atoms with van der Waals surface area (Å²) in [6.07, 6.45) is -0.121. The van der Waals surface area contributed by atoms with Crippen LogP contribution in [0.2, 0.25) is 0 Å². The second kappa shape index (κ2) is 11.8. The van der Waals surface area contributed by atoms with Gasteiger partial charge >= 0.3 is 5.97 Å². The van der Waals surface area contributed by atoms with E-state index in [4.69, 9.17) is 16.6 Å². The number of sulfonamides is 1. The molecule has 0 spiro atoms. The fraction of sp³-hybridized carbons (Fsp3) is 0.160. The Kier molecular flexibility index (Phi) is 8.63. The molecule has 10 nitrogen and oxygen atoms in total. The highest BCUT2D eigenvalue weighted by molar-refractivity contribution is 7.92. The largest absolute Gasteiger partial charge is 0.481 e. The monoisotopic (exact) mass is 509 g/mol. The van der Waals surface area contributed by atoms with Crippen molar-refractivity contribution < 1.29 is 23.1 Å². The maximum absolute atomic E-state index is 13.0. The summed E-state index contributed by atoms with van der Waals surface area (Å²) in [5.41, 5.74) is 12.9. The van der Waals surface area contributed by atoms with Crippen molar-refractivity contribution in [3.05, 3.63) is 90.0 Å². The molecule has 3 rings (SSSR count). The fourth-order valence-electron chi connectivity index (χ4n) is 3.58. The van der Waals surface area contributed by atoms with E-state index in [1.807, 2.05) is 30.3 Å². The Morgan fingerprint density at radius 3 is 2.31 bits per heavy atom. The van der Waals surface area contributed by atoms with Crippen LogP contribution in [-0.4, -0.2) is 37.9 Å². The third kappa shape index (κ3) is 7.57. The number of nitrogens with zero attached hydrogens (tertiary/aromatic N) is 1. The molecule has 0 aromatic heterocycles. The molecule has 11 heteroatoms. The van der Waals surface area contributed by atoms with Crippen LogP contribution in [0.25, 0.3) is 0 Å². The lowest BCUT2D eigenvalue weighted by Gasteiger charge is -2.19. The van der Waals surface area contributed by atoms with Crippen LogP contribution < -0.4 is 21.5 Å². The van der Waals surface area contributed by atoms with Gasteiger partial charge in [0.1, 0.15) is 0 Å². The van der Waals surface area contributed by atoms with Gasteiger partial charge in [0.25, 0.3) is 10.0 Å². The van der Waals surface area contributed by atoms with Gasteiger partial charge in [-0.2, -0.15) is 0 Å². The highest BCUT2D eigenvalue weighted by Crippen LogP contribution is 2.30. The van der Waals surface area contributed by atoms with E-state index < -0.39 is 16.0 Å². The van der Waals surface area contributed by atoms with Gasteiger partial charge in [-0.05, 0) is 41.5 Å². The maximum Gasteiger partial charge on any atom is 0.305 e. The van der Waals surface area contributed by atoms with Gasteiger partial charge in [-0.1, -0.05) is 48.5 Å². The Bertz CT molecular complexity index is 1360. The molecule has 1 amide bonds. The molecule has 0 radical (unpaired) electrons. The smallest absolute Gasteiger partial charge is 0.305 e. The van der Waals surface area contributed by atoms with Crippen LogP contribution in [0, 0.1) is 0 Å². The summed E-state index contributed by atoms with van der Waals surface area (Å²) < 4.78 is 28.6. The minimum Gasteiger partial charge on any atom is -0.481 e. The van der Waals surface area contributed by atoms with Gasteiger partial charge in [0.15, 0.2) is 5.96 Å². The molecule has 3 aromatic carbocycles. The van der Waals surface area contributed by atoms with E-state index in [2.05, 4.69) is 15.0 Å². The van der Waals surface area contributed by atoms with Crippen LogP contribution >= 0.6 is 0 Å². The fourth-order valence-corrected chi connectivity index (χ4v) is 4.67. The molecule has 0 aliphatic rings. The third-order valence-corrected chi connectivity index (χ3v) is 6.56. The van der Waals surface area contributed by atoms with Crippen molar-refractivity contribution in [1.29, 1.82) is 0 Å². The van der Waals surface area contributed by atoms with Gasteiger partial charge in [0.05, 0.1) is 17.0 Å². The van der Waals surface area contributed by atoms with Crippen LogP contribution in [0.4, 0.5) is 11.4 Å². The normalized spacial score (nSPS) is 11.8. The molecule has 36 heavy (non-hydrogen) atoms. The molecule has 0 aliphatic heterocycles. The number of carboxylic acid groups (broad SMARTS) is 1. The average molecular weight is 510 g/mol. The topological polar surface area (TPSA) is 177 Å². The standard InChI is InChI=1S/C25H27N5O5S/c26-25(27)29-19-9-5-11-21(15-19)36(34,35)30-20-10-4-8-18(14-20)22(17-6-2-1-3-7-17)16-23(31)28-13-12-24(32)33/h1-11,14-15,22,30H,12-13,16H2,(H,28,31)(H,32,33)(H4,26,27,29). The number of hydrogen-bond donors (Lipinski definition) is 5. The van der Waals surface area contributed by atoms with Crippen molar-refractivity contribution in [2.75, 3.05) is 11.3 Å². The number of carbonyl (C=O) groups is 2. The van der Waals surface area contributed by atoms with Crippen molar-refractivity contribution >= 4 is 39.2 Å². The number of aliphatic imine (C=N–C) groups is 1. The maximum atomic E-state index is 13.0. The summed E-state index contributed by atoms with van der Waals surface area (Å²) in [7, 11) is -3.96. The highest BCUT2D eigenvalue weighted by atomic mass is 32.2. The Morgan fingerprint density at radius 1 is 0.917 bits per heavy atom. The molecule has 1 unspecified atom stereocenters. The van der Waals surface area contributed by atoms with Crippen LogP contribution in [0.5, 0.6) is 0 Å². The first-order chi connectivity index (χ1) is 17.1. The number of aliphatic carboxylic acids is 1. The summed E-state index contributed by atoms with van der Waals surface area (Å²) in [5, 5.41) is 11.4. The number of nitrogens with two attached hydrogens (primary N) is 2. The summed E-state index contributed by atoms with van der Waals surface area (Å²) >= 11 is 0. The first-order valence-electron chi connectivity index (χ1n) is 11.0. The third-order valence-electron chi connectivity index (χ3n) is 5.18. The number of guanidine groups is 1. The molecule has 0 fully saturated rings. The molecular weight excluding hydrogens is 482 g/mol. The van der Waals surface area contributed by atoms with Gasteiger partial charge in [-0.15, -0.1) is 0 Å². The molecule has 0 saturated heterocycles. The zero-order chi connectivity index (χ0) is 26.1. The number of benzene rings is 3. The average Bonchev–Trinajstić information content (AvgIpc) is 2.82. The van der Waals surface area contributed by atoms with Crippen molar-refractivity contribution in [1.82, 2.24) is 5.32 Å². The molecule has 0 heterocycles. The number of rotatable bonds is 11. The molecule has 0 bridgehead atoms. The molecule has 1 atom stereocenters. The SMILES string of the molecule is NC(N)=Nc1cccc(S(=O)(=O)Nc2cccc(C(CC(=O)NCCC(=O)O)c3ccccc3)c2)c1. The zero-order valence-electron chi connectivity index (χ0n) is 19.3. The molecule has 7 N–H and O–H groups in total. The van der Waals surface area contributed by atoms with Gasteiger partial charge in [0, 0.05) is 24.6 Å². The van der Waals surface area contributed by atoms with E-state index in [-0.39, 0.29) is 42.1 Å². The van der Waals surface area contributed by atoms with E-state index >= 15 is 0 Å². The quantitative estimate of drug-likeness (QED) is 0.195. The first kappa shape index (κ1) is 26.2. The van der Waals surface area contributed by atoms with Crippen LogP contribution in [0.3, 0.4) is 0 Å². The Hall–Kier alpha value is -4.38. The number of anilines is 1. The van der Waals surface area contributed by atoms with E-state index in [1.54, 1.807) is 30.3 Å². The van der Waals surface area contributed by atoms with Gasteiger partial charge in [0.2, 0.25) is 5.91 Å². The Balaban J connectivity index is 1.86. The number of amides is 1. The summed E-state index contributed by atoms with van der Waals surface area (Å²) in [4.78, 5) is 27.1. The molecule has 3 aromatic rings. The van der Waals surface area contributed by atoms with Crippen LogP contribution in [0.1, 0.15) is 29.9 Å². The zero-order valence-corrected chi connectivity index (χ0v) is 20.1. The Morgan fingerprint density at radius 2 is 1.61 bits per heavy atom. The van der Waals surface area contributed by atoms with Crippen molar-refractivity contribution in [2.45, 2.75) is 23.7 Å².